The predicted molar refractivity (Wildman–Crippen MR) is 124 cm³/mol. The van der Waals surface area contributed by atoms with Gasteiger partial charge in [-0.15, -0.1) is 0 Å². The topological polar surface area (TPSA) is 67.8 Å². The van der Waals surface area contributed by atoms with Crippen LogP contribution in [0.3, 0.4) is 0 Å². The molecule has 5 nitrogen and oxygen atoms in total. The van der Waals surface area contributed by atoms with Gasteiger partial charge in [0.05, 0.1) is 6.10 Å². The molecular weight excluding hydrogens is 390 g/mol. The number of hydrogen-bond acceptors (Lipinski definition) is 4. The molecule has 31 heavy (non-hydrogen) atoms. The maximum Gasteiger partial charge on any atom is 0.412 e. The maximum atomic E-state index is 12.6. The zero-order valence-corrected chi connectivity index (χ0v) is 19.2. The van der Waals surface area contributed by atoms with Gasteiger partial charge in [0, 0.05) is 24.6 Å². The smallest absolute Gasteiger partial charge is 0.412 e. The van der Waals surface area contributed by atoms with E-state index in [2.05, 4.69) is 31.8 Å². The molecule has 2 aliphatic rings. The third-order valence-corrected chi connectivity index (χ3v) is 6.43. The summed E-state index contributed by atoms with van der Waals surface area (Å²) in [4.78, 5) is 12.6. The Bertz CT molecular complexity index is 825. The van der Waals surface area contributed by atoms with Crippen molar-refractivity contribution in [2.45, 2.75) is 77.7 Å². The van der Waals surface area contributed by atoms with Gasteiger partial charge in [-0.25, -0.2) is 4.79 Å². The summed E-state index contributed by atoms with van der Waals surface area (Å²) in [6, 6.07) is 3.77. The number of ether oxygens (including phenoxy) is 2. The van der Waals surface area contributed by atoms with E-state index in [1.807, 2.05) is 19.1 Å². The van der Waals surface area contributed by atoms with Crippen molar-refractivity contribution in [2.75, 3.05) is 13.2 Å². The highest BCUT2D eigenvalue weighted by Gasteiger charge is 2.31. The Morgan fingerprint density at radius 3 is 2.74 bits per heavy atom. The third-order valence-electron chi connectivity index (χ3n) is 6.43. The number of carbonyl (C=O) groups excluding carboxylic acids is 1. The Balaban J connectivity index is 1.90. The van der Waals surface area contributed by atoms with Crippen molar-refractivity contribution in [2.24, 2.45) is 5.92 Å². The Labute approximate surface area is 186 Å². The zero-order valence-electron chi connectivity index (χ0n) is 19.2. The summed E-state index contributed by atoms with van der Waals surface area (Å²) in [7, 11) is 0. The van der Waals surface area contributed by atoms with Crippen molar-refractivity contribution in [1.82, 2.24) is 5.32 Å². The van der Waals surface area contributed by atoms with Gasteiger partial charge < -0.3 is 19.9 Å². The number of aromatic hydroxyl groups is 1. The van der Waals surface area contributed by atoms with Crippen LogP contribution in [-0.4, -0.2) is 30.5 Å². The van der Waals surface area contributed by atoms with Crippen LogP contribution >= 0.6 is 0 Å². The first kappa shape index (κ1) is 23.4. The van der Waals surface area contributed by atoms with E-state index >= 15 is 0 Å². The highest BCUT2D eigenvalue weighted by Crippen LogP contribution is 2.47. The molecule has 1 saturated heterocycles. The quantitative estimate of drug-likeness (QED) is 0.374. The van der Waals surface area contributed by atoms with Gasteiger partial charge >= 0.3 is 6.09 Å². The van der Waals surface area contributed by atoms with E-state index in [-0.39, 0.29) is 23.7 Å². The lowest BCUT2D eigenvalue weighted by Gasteiger charge is -2.32. The van der Waals surface area contributed by atoms with Crippen LogP contribution in [0.4, 0.5) is 4.79 Å². The van der Waals surface area contributed by atoms with Gasteiger partial charge in [0.15, 0.2) is 0 Å². The van der Waals surface area contributed by atoms with Crippen LogP contribution in [0.5, 0.6) is 11.5 Å². The number of hydrogen-bond donors (Lipinski definition) is 2. The molecule has 0 spiro atoms. The molecule has 0 saturated carbocycles. The highest BCUT2D eigenvalue weighted by molar-refractivity contribution is 5.72. The Morgan fingerprint density at radius 2 is 2.10 bits per heavy atom. The fourth-order valence-electron chi connectivity index (χ4n) is 4.50. The summed E-state index contributed by atoms with van der Waals surface area (Å²) in [5.41, 5.74) is 4.04. The second-order valence-corrected chi connectivity index (χ2v) is 9.07. The van der Waals surface area contributed by atoms with Gasteiger partial charge in [-0.05, 0) is 69.6 Å². The van der Waals surface area contributed by atoms with Crippen molar-refractivity contribution in [1.29, 1.82) is 0 Å². The average molecular weight is 428 g/mol. The van der Waals surface area contributed by atoms with Gasteiger partial charge in [0.2, 0.25) is 0 Å². The van der Waals surface area contributed by atoms with E-state index in [1.165, 1.54) is 5.57 Å². The second kappa shape index (κ2) is 10.9. The molecule has 3 rings (SSSR count). The molecule has 1 heterocycles. The third kappa shape index (κ3) is 6.13. The lowest BCUT2D eigenvalue weighted by atomic mass is 9.73. The van der Waals surface area contributed by atoms with Crippen LogP contribution in [0.15, 0.2) is 35.9 Å². The first-order chi connectivity index (χ1) is 14.9. The Morgan fingerprint density at radius 1 is 1.32 bits per heavy atom. The Hall–Kier alpha value is -2.27. The number of rotatable bonds is 9. The number of nitrogens with one attached hydrogen (secondary N) is 1. The van der Waals surface area contributed by atoms with Gasteiger partial charge in [-0.3, -0.25) is 0 Å². The van der Waals surface area contributed by atoms with Crippen molar-refractivity contribution in [3.05, 3.63) is 47.1 Å². The highest BCUT2D eigenvalue weighted by atomic mass is 16.6. The number of amides is 1. The van der Waals surface area contributed by atoms with Crippen LogP contribution in [0.2, 0.25) is 0 Å². The molecule has 1 aromatic carbocycles. The monoisotopic (exact) mass is 427 g/mol. The summed E-state index contributed by atoms with van der Waals surface area (Å²) in [5, 5.41) is 13.9. The summed E-state index contributed by atoms with van der Waals surface area (Å²) >= 11 is 0. The van der Waals surface area contributed by atoms with Crippen LogP contribution in [0.25, 0.3) is 0 Å². The van der Waals surface area contributed by atoms with Gasteiger partial charge in [0.25, 0.3) is 0 Å². The average Bonchev–Trinajstić information content (AvgIpc) is 2.66. The van der Waals surface area contributed by atoms with Gasteiger partial charge in [-0.2, -0.15) is 0 Å². The van der Waals surface area contributed by atoms with Crippen molar-refractivity contribution in [3.63, 3.8) is 0 Å². The summed E-state index contributed by atoms with van der Waals surface area (Å²) in [5.74, 6) is 0.782. The molecule has 1 fully saturated rings. The molecule has 170 valence electrons. The summed E-state index contributed by atoms with van der Waals surface area (Å²) in [6.07, 6.45) is 8.84. The molecule has 1 aliphatic heterocycles. The fourth-order valence-corrected chi connectivity index (χ4v) is 4.50. The van der Waals surface area contributed by atoms with Crippen LogP contribution < -0.4 is 10.1 Å². The minimum absolute atomic E-state index is 0.0614. The molecule has 2 N–H and O–H groups in total. The van der Waals surface area contributed by atoms with Crippen molar-refractivity contribution in [3.8, 4) is 11.5 Å². The largest absolute Gasteiger partial charge is 0.507 e. The zero-order chi connectivity index (χ0) is 22.4. The van der Waals surface area contributed by atoms with Crippen LogP contribution in [0, 0.1) is 5.92 Å². The molecule has 0 radical (unpaired) electrons. The first-order valence-corrected chi connectivity index (χ1v) is 11.6. The molecule has 0 aromatic heterocycles. The molecule has 1 amide bonds. The number of allylic oxidation sites excluding steroid dienone is 3. The van der Waals surface area contributed by atoms with E-state index < -0.39 is 6.09 Å². The fraction of sp³-hybridized carbons (Fsp3) is 0.577. The molecule has 5 heteroatoms. The number of aryl methyl sites for hydroxylation is 1. The van der Waals surface area contributed by atoms with E-state index in [9.17, 15) is 9.90 Å². The lowest BCUT2D eigenvalue weighted by molar-refractivity contribution is -0.0473. The van der Waals surface area contributed by atoms with Gasteiger partial charge in [-0.1, -0.05) is 43.6 Å². The molecular formula is C26H37NO4. The van der Waals surface area contributed by atoms with E-state index in [0.717, 1.165) is 62.7 Å². The molecule has 1 unspecified atom stereocenters. The van der Waals surface area contributed by atoms with Crippen LogP contribution in [0.1, 0.15) is 76.3 Å². The van der Waals surface area contributed by atoms with E-state index in [1.54, 1.807) is 0 Å². The lowest BCUT2D eigenvalue weighted by Crippen LogP contribution is -2.40. The van der Waals surface area contributed by atoms with Crippen molar-refractivity contribution < 1.29 is 19.4 Å². The molecule has 3 atom stereocenters. The van der Waals surface area contributed by atoms with E-state index in [0.29, 0.717) is 17.9 Å². The van der Waals surface area contributed by atoms with Crippen molar-refractivity contribution >= 4 is 6.09 Å². The minimum Gasteiger partial charge on any atom is -0.507 e. The number of unbranched alkanes of at least 4 members (excludes halogenated alkanes) is 2. The molecule has 1 aromatic rings. The standard InChI is InChI=1S/C26H37NO4/c1-5-6-7-8-19-14-23(28)25(22-13-18(4)9-10-21(22)17(2)3)24(15-19)31-26(29)27-16-20-11-12-30-20/h13-15,20-22,28H,2,5-12,16H2,1,3-4H3,(H,27,29)/t20?,21-,22+/m0/s1. The maximum absolute atomic E-state index is 12.6. The van der Waals surface area contributed by atoms with E-state index in [4.69, 9.17) is 9.47 Å². The first-order valence-electron chi connectivity index (χ1n) is 11.6. The number of phenols is 1. The van der Waals surface area contributed by atoms with Gasteiger partial charge in [0.1, 0.15) is 11.5 Å². The number of carbonyl (C=O) groups is 1. The SMILES string of the molecule is C=C(C)[C@@H]1CCC(C)=C[C@H]1c1c(O)cc(CCCCC)cc1OC(=O)NCC1CCO1. The normalized spacial score (nSPS) is 22.9. The minimum atomic E-state index is -0.509. The summed E-state index contributed by atoms with van der Waals surface area (Å²) < 4.78 is 11.2. The Kier molecular flexibility index (Phi) is 8.19. The second-order valence-electron chi connectivity index (χ2n) is 9.07. The molecule has 0 bridgehead atoms. The summed E-state index contributed by atoms with van der Waals surface area (Å²) in [6.45, 7) is 11.7. The van der Waals surface area contributed by atoms with Crippen LogP contribution in [-0.2, 0) is 11.2 Å². The number of benzene rings is 1. The predicted octanol–water partition coefficient (Wildman–Crippen LogP) is 6.02. The molecule has 1 aliphatic carbocycles. The number of phenolic OH excluding ortho intramolecular Hbond substituents is 1.